The van der Waals surface area contributed by atoms with Crippen LogP contribution in [-0.4, -0.2) is 12.0 Å². The van der Waals surface area contributed by atoms with Crippen molar-refractivity contribution in [2.45, 2.75) is 64.8 Å². The van der Waals surface area contributed by atoms with Crippen molar-refractivity contribution in [3.05, 3.63) is 15.6 Å². The maximum Gasteiger partial charge on any atom is 0.113 e. The minimum Gasteiger partial charge on any atom is -0.308 e. The monoisotopic (exact) mass is 266 g/mol. The second-order valence-corrected chi connectivity index (χ2v) is 6.90. The molecule has 1 fully saturated rings. The molecule has 0 aliphatic heterocycles. The lowest BCUT2D eigenvalue weighted by Crippen LogP contribution is -2.39. The summed E-state index contributed by atoms with van der Waals surface area (Å²) in [5, 5.41) is 4.92. The second kappa shape index (κ2) is 5.70. The topological polar surface area (TPSA) is 24.9 Å². The van der Waals surface area contributed by atoms with Gasteiger partial charge in [0.2, 0.25) is 0 Å². The molecular weight excluding hydrogens is 240 g/mol. The number of hydrogen-bond acceptors (Lipinski definition) is 3. The van der Waals surface area contributed by atoms with Crippen molar-refractivity contribution < 1.29 is 0 Å². The van der Waals surface area contributed by atoms with Gasteiger partial charge >= 0.3 is 0 Å². The fraction of sp³-hybridized carbons (Fsp3) is 0.800. The molecular formula is C15H26N2S. The Hall–Kier alpha value is -0.410. The Kier molecular flexibility index (Phi) is 4.44. The van der Waals surface area contributed by atoms with E-state index < -0.39 is 0 Å². The molecule has 1 aromatic heterocycles. The zero-order valence-electron chi connectivity index (χ0n) is 12.2. The van der Waals surface area contributed by atoms with Crippen molar-refractivity contribution in [2.75, 3.05) is 7.05 Å². The van der Waals surface area contributed by atoms with Crippen LogP contribution < -0.4 is 5.32 Å². The Morgan fingerprint density at radius 1 is 1.33 bits per heavy atom. The van der Waals surface area contributed by atoms with Gasteiger partial charge in [0.15, 0.2) is 0 Å². The summed E-state index contributed by atoms with van der Waals surface area (Å²) in [5.74, 6) is 0.919. The molecule has 0 saturated heterocycles. The average molecular weight is 266 g/mol. The van der Waals surface area contributed by atoms with E-state index in [-0.39, 0.29) is 5.54 Å². The molecule has 0 bridgehead atoms. The minimum atomic E-state index is 0.146. The predicted octanol–water partition coefficient (Wildman–Crippen LogP) is 4.16. The van der Waals surface area contributed by atoms with Crippen molar-refractivity contribution in [3.63, 3.8) is 0 Å². The molecule has 2 atom stereocenters. The first-order valence-corrected chi connectivity index (χ1v) is 8.06. The Labute approximate surface area is 115 Å². The first kappa shape index (κ1) is 14.0. The van der Waals surface area contributed by atoms with E-state index in [1.54, 1.807) is 0 Å². The number of hydrogen-bond donors (Lipinski definition) is 1. The molecule has 3 heteroatoms. The molecule has 1 aliphatic carbocycles. The number of aryl methyl sites for hydroxylation is 2. The Bertz CT molecular complexity index is 380. The van der Waals surface area contributed by atoms with Crippen LogP contribution in [0.5, 0.6) is 0 Å². The van der Waals surface area contributed by atoms with Crippen LogP contribution in [0.3, 0.4) is 0 Å². The summed E-state index contributed by atoms with van der Waals surface area (Å²) in [5.41, 5.74) is 1.36. The highest BCUT2D eigenvalue weighted by Gasteiger charge is 2.35. The average Bonchev–Trinajstić information content (AvgIpc) is 2.62. The minimum absolute atomic E-state index is 0.146. The number of aromatic nitrogens is 1. The number of nitrogens with one attached hydrogen (secondary N) is 1. The first-order chi connectivity index (χ1) is 8.61. The number of nitrogens with zero attached hydrogens (tertiary/aromatic N) is 1. The van der Waals surface area contributed by atoms with Crippen LogP contribution >= 0.6 is 11.3 Å². The van der Waals surface area contributed by atoms with E-state index in [9.17, 15) is 0 Å². The van der Waals surface area contributed by atoms with Crippen LogP contribution in [-0.2, 0) is 5.54 Å². The van der Waals surface area contributed by atoms with Crippen LogP contribution in [0.4, 0.5) is 0 Å². The molecule has 2 nitrogen and oxygen atoms in total. The predicted molar refractivity (Wildman–Crippen MR) is 79.2 cm³/mol. The normalized spacial score (nSPS) is 29.2. The Morgan fingerprint density at radius 3 is 2.67 bits per heavy atom. The summed E-state index contributed by atoms with van der Waals surface area (Å²) in [4.78, 5) is 6.20. The molecule has 0 radical (unpaired) electrons. The molecule has 18 heavy (non-hydrogen) atoms. The van der Waals surface area contributed by atoms with E-state index in [1.165, 1.54) is 54.1 Å². The lowest BCUT2D eigenvalue weighted by atomic mass is 9.90. The van der Waals surface area contributed by atoms with E-state index in [4.69, 9.17) is 4.98 Å². The van der Waals surface area contributed by atoms with Gasteiger partial charge in [0.05, 0.1) is 11.2 Å². The summed E-state index contributed by atoms with van der Waals surface area (Å²) in [6.07, 6.45) is 7.88. The molecule has 0 aromatic carbocycles. The fourth-order valence-corrected chi connectivity index (χ4v) is 4.24. The lowest BCUT2D eigenvalue weighted by Gasteiger charge is -2.30. The molecule has 2 unspecified atom stereocenters. The van der Waals surface area contributed by atoms with Gasteiger partial charge in [-0.05, 0) is 46.1 Å². The third kappa shape index (κ3) is 2.62. The van der Waals surface area contributed by atoms with Crippen LogP contribution in [0.25, 0.3) is 0 Å². The Balaban J connectivity index is 2.24. The van der Waals surface area contributed by atoms with Gasteiger partial charge in [-0.15, -0.1) is 11.3 Å². The van der Waals surface area contributed by atoms with Crippen LogP contribution in [0.15, 0.2) is 0 Å². The van der Waals surface area contributed by atoms with Gasteiger partial charge in [0.25, 0.3) is 0 Å². The standard InChI is InChI=1S/C15H26N2S/c1-5-13-7-6-9-15(16-4,10-8-13)14-17-11(2)12(3)18-14/h13,16H,5-10H2,1-4H3. The molecule has 102 valence electrons. The fourth-order valence-electron chi connectivity index (χ4n) is 3.07. The molecule has 1 N–H and O–H groups in total. The molecule has 1 aromatic rings. The zero-order valence-corrected chi connectivity index (χ0v) is 13.0. The summed E-state index contributed by atoms with van der Waals surface area (Å²) in [6.45, 7) is 6.64. The van der Waals surface area contributed by atoms with Crippen LogP contribution in [0.2, 0.25) is 0 Å². The molecule has 1 aliphatic rings. The lowest BCUT2D eigenvalue weighted by molar-refractivity contribution is 0.306. The second-order valence-electron chi connectivity index (χ2n) is 5.70. The van der Waals surface area contributed by atoms with Crippen molar-refractivity contribution >= 4 is 11.3 Å². The third-order valence-electron chi connectivity index (χ3n) is 4.69. The maximum absolute atomic E-state index is 4.83. The highest BCUT2D eigenvalue weighted by atomic mass is 32.1. The number of thiazole rings is 1. The Morgan fingerprint density at radius 2 is 2.11 bits per heavy atom. The third-order valence-corrected chi connectivity index (χ3v) is 5.97. The molecule has 2 rings (SSSR count). The summed E-state index contributed by atoms with van der Waals surface area (Å²) in [6, 6.07) is 0. The summed E-state index contributed by atoms with van der Waals surface area (Å²) >= 11 is 1.89. The number of rotatable bonds is 3. The van der Waals surface area contributed by atoms with Gasteiger partial charge < -0.3 is 5.32 Å². The van der Waals surface area contributed by atoms with Crippen molar-refractivity contribution in [1.82, 2.24) is 10.3 Å². The molecule has 1 heterocycles. The van der Waals surface area contributed by atoms with Crippen molar-refractivity contribution in [1.29, 1.82) is 0 Å². The zero-order chi connectivity index (χ0) is 13.2. The van der Waals surface area contributed by atoms with E-state index in [0.29, 0.717) is 0 Å². The van der Waals surface area contributed by atoms with E-state index in [0.717, 1.165) is 5.92 Å². The largest absolute Gasteiger partial charge is 0.308 e. The van der Waals surface area contributed by atoms with Gasteiger partial charge in [-0.1, -0.05) is 26.2 Å². The summed E-state index contributed by atoms with van der Waals surface area (Å²) < 4.78 is 0. The van der Waals surface area contributed by atoms with Gasteiger partial charge in [0.1, 0.15) is 5.01 Å². The van der Waals surface area contributed by atoms with Crippen LogP contribution in [0, 0.1) is 19.8 Å². The smallest absolute Gasteiger partial charge is 0.113 e. The highest BCUT2D eigenvalue weighted by Crippen LogP contribution is 2.40. The van der Waals surface area contributed by atoms with Gasteiger partial charge in [-0.25, -0.2) is 4.98 Å². The van der Waals surface area contributed by atoms with E-state index in [2.05, 4.69) is 33.1 Å². The molecule has 1 saturated carbocycles. The SMILES string of the molecule is CCC1CCCC(NC)(c2nc(C)c(C)s2)CC1. The van der Waals surface area contributed by atoms with Crippen LogP contribution in [0.1, 0.15) is 61.0 Å². The highest BCUT2D eigenvalue weighted by molar-refractivity contribution is 7.11. The molecule has 0 amide bonds. The van der Waals surface area contributed by atoms with Crippen molar-refractivity contribution in [2.24, 2.45) is 5.92 Å². The van der Waals surface area contributed by atoms with Gasteiger partial charge in [-0.3, -0.25) is 0 Å². The van der Waals surface area contributed by atoms with Crippen molar-refractivity contribution in [3.8, 4) is 0 Å². The maximum atomic E-state index is 4.83. The van der Waals surface area contributed by atoms with E-state index in [1.807, 2.05) is 11.3 Å². The van der Waals surface area contributed by atoms with Gasteiger partial charge in [0, 0.05) is 4.88 Å². The van der Waals surface area contributed by atoms with E-state index >= 15 is 0 Å². The van der Waals surface area contributed by atoms with Gasteiger partial charge in [-0.2, -0.15) is 0 Å². The summed E-state index contributed by atoms with van der Waals surface area (Å²) in [7, 11) is 2.11. The molecule has 0 spiro atoms. The first-order valence-electron chi connectivity index (χ1n) is 7.24. The quantitative estimate of drug-likeness (QED) is 0.831.